The van der Waals surface area contributed by atoms with Gasteiger partial charge in [-0.25, -0.2) is 18.1 Å². The lowest BCUT2D eigenvalue weighted by atomic mass is 10.1. The Morgan fingerprint density at radius 2 is 1.73 bits per heavy atom. The van der Waals surface area contributed by atoms with Crippen LogP contribution in [0, 0.1) is 5.92 Å². The van der Waals surface area contributed by atoms with Crippen molar-refractivity contribution in [2.24, 2.45) is 5.92 Å². The van der Waals surface area contributed by atoms with E-state index >= 15 is 0 Å². The molecule has 0 spiro atoms. The molecule has 2 fully saturated rings. The molecule has 4 amide bonds. The van der Waals surface area contributed by atoms with Gasteiger partial charge in [-0.15, -0.1) is 6.58 Å². The smallest absolute Gasteiger partial charge is 0.264 e. The molecule has 1 unspecified atom stereocenters. The standard InChI is InChI=1S/C38H39N5O8S/c1-4-25-21-38(25,37(47)42-52(48,49)28-14-10-7-11-15-28)41-36(46)32-19-27(23-43(32)35(45)22-39-34(44)5-2)51-33-20-30(24-12-8-6-9-13-24)40-31-18-26(50-3)16-17-29(31)33/h4,6-18,20,25,27,32H,1,5,19,21-23H2,2-3H3,(H,39,44)(H,41,46)(H,42,47)/t25-,27?,32+,38-/m1/s1. The molecule has 1 saturated carbocycles. The van der Waals surface area contributed by atoms with Gasteiger partial charge in [0.15, 0.2) is 0 Å². The fourth-order valence-electron chi connectivity index (χ4n) is 6.35. The van der Waals surface area contributed by atoms with Crippen LogP contribution in [0.4, 0.5) is 0 Å². The van der Waals surface area contributed by atoms with E-state index in [0.29, 0.717) is 28.1 Å². The number of benzene rings is 3. The predicted molar refractivity (Wildman–Crippen MR) is 193 cm³/mol. The summed E-state index contributed by atoms with van der Waals surface area (Å²) in [6.07, 6.45) is 1.11. The van der Waals surface area contributed by atoms with Crippen molar-refractivity contribution in [2.75, 3.05) is 20.2 Å². The van der Waals surface area contributed by atoms with E-state index in [-0.39, 0.29) is 43.2 Å². The SMILES string of the molecule is C=C[C@@H]1C[C@]1(NC(=O)[C@@H]1CC(Oc2cc(-c3ccccc3)nc3cc(OC)ccc23)CN1C(=O)CNC(=O)CC)C(=O)NS(=O)(=O)c1ccccc1. The Kier molecular flexibility index (Phi) is 10.3. The van der Waals surface area contributed by atoms with Crippen molar-refractivity contribution in [1.29, 1.82) is 0 Å². The summed E-state index contributed by atoms with van der Waals surface area (Å²) in [7, 11) is -2.68. The summed E-state index contributed by atoms with van der Waals surface area (Å²) in [4.78, 5) is 59.3. The molecule has 0 radical (unpaired) electrons. The maximum Gasteiger partial charge on any atom is 0.264 e. The maximum absolute atomic E-state index is 14.1. The summed E-state index contributed by atoms with van der Waals surface area (Å²) in [5, 5.41) is 6.00. The Bertz CT molecular complexity index is 2130. The molecule has 270 valence electrons. The summed E-state index contributed by atoms with van der Waals surface area (Å²) < 4.78 is 40.1. The monoisotopic (exact) mass is 725 g/mol. The number of likely N-dealkylation sites (tertiary alicyclic amines) is 1. The zero-order valence-corrected chi connectivity index (χ0v) is 29.5. The second-order valence-electron chi connectivity index (χ2n) is 12.7. The molecule has 2 aliphatic rings. The predicted octanol–water partition coefficient (Wildman–Crippen LogP) is 3.35. The molecule has 13 nitrogen and oxygen atoms in total. The first-order valence-electron chi connectivity index (χ1n) is 16.8. The average Bonchev–Trinajstić information content (AvgIpc) is 3.72. The minimum Gasteiger partial charge on any atom is -0.497 e. The molecule has 2 heterocycles. The maximum atomic E-state index is 14.1. The normalized spacial score (nSPS) is 20.8. The van der Waals surface area contributed by atoms with Crippen molar-refractivity contribution in [3.63, 3.8) is 0 Å². The van der Waals surface area contributed by atoms with Crippen LogP contribution >= 0.6 is 0 Å². The largest absolute Gasteiger partial charge is 0.497 e. The number of methoxy groups -OCH3 is 1. The summed E-state index contributed by atoms with van der Waals surface area (Å²) in [5.74, 6) is -1.93. The summed E-state index contributed by atoms with van der Waals surface area (Å²) in [5.41, 5.74) is 0.501. The van der Waals surface area contributed by atoms with Crippen LogP contribution in [0.2, 0.25) is 0 Å². The molecule has 14 heteroatoms. The van der Waals surface area contributed by atoms with Gasteiger partial charge in [0.2, 0.25) is 17.7 Å². The highest BCUT2D eigenvalue weighted by Crippen LogP contribution is 2.45. The Labute approximate surface area is 301 Å². The Morgan fingerprint density at radius 3 is 2.38 bits per heavy atom. The topological polar surface area (TPSA) is 173 Å². The molecule has 3 aromatic carbocycles. The summed E-state index contributed by atoms with van der Waals surface area (Å²) in [6, 6.07) is 23.0. The lowest BCUT2D eigenvalue weighted by molar-refractivity contribution is -0.140. The number of ether oxygens (including phenoxy) is 2. The molecule has 3 N–H and O–H groups in total. The lowest BCUT2D eigenvalue weighted by Gasteiger charge is -2.26. The molecule has 4 aromatic rings. The number of hydrogen-bond acceptors (Lipinski definition) is 9. The lowest BCUT2D eigenvalue weighted by Crippen LogP contribution is -2.56. The molecular formula is C38H39N5O8S. The van der Waals surface area contributed by atoms with Crippen LogP contribution < -0.4 is 24.8 Å². The Balaban J connectivity index is 1.28. The van der Waals surface area contributed by atoms with Crippen molar-refractivity contribution in [3.8, 4) is 22.8 Å². The van der Waals surface area contributed by atoms with Gasteiger partial charge in [0.25, 0.3) is 15.9 Å². The molecule has 1 saturated heterocycles. The molecule has 4 atom stereocenters. The third-order valence-electron chi connectivity index (χ3n) is 9.32. The number of sulfonamides is 1. The number of carbonyl (C=O) groups is 4. The molecule has 1 aliphatic heterocycles. The van der Waals surface area contributed by atoms with Crippen molar-refractivity contribution in [3.05, 3.63) is 97.6 Å². The van der Waals surface area contributed by atoms with E-state index in [1.807, 2.05) is 36.4 Å². The van der Waals surface area contributed by atoms with Crippen LogP contribution in [0.1, 0.15) is 26.2 Å². The third kappa shape index (κ3) is 7.47. The van der Waals surface area contributed by atoms with E-state index in [4.69, 9.17) is 14.5 Å². The molecular weight excluding hydrogens is 687 g/mol. The van der Waals surface area contributed by atoms with Crippen molar-refractivity contribution in [2.45, 2.75) is 48.8 Å². The van der Waals surface area contributed by atoms with Gasteiger partial charge in [-0.1, -0.05) is 61.5 Å². The minimum absolute atomic E-state index is 0.00791. The number of aromatic nitrogens is 1. The minimum atomic E-state index is -4.24. The van der Waals surface area contributed by atoms with E-state index in [1.54, 1.807) is 38.3 Å². The Hall–Kier alpha value is -5.76. The quantitative estimate of drug-likeness (QED) is 0.175. The number of carbonyl (C=O) groups excluding carboxylic acids is 4. The molecule has 6 rings (SSSR count). The number of amides is 4. The molecule has 1 aliphatic carbocycles. The van der Waals surface area contributed by atoms with Crippen LogP contribution in [-0.2, 0) is 29.2 Å². The first-order valence-corrected chi connectivity index (χ1v) is 18.3. The van der Waals surface area contributed by atoms with E-state index in [9.17, 15) is 27.6 Å². The van der Waals surface area contributed by atoms with Crippen LogP contribution in [0.3, 0.4) is 0 Å². The van der Waals surface area contributed by atoms with Gasteiger partial charge < -0.3 is 25.0 Å². The van der Waals surface area contributed by atoms with Gasteiger partial charge in [0.1, 0.15) is 29.2 Å². The number of hydrogen-bond donors (Lipinski definition) is 3. The van der Waals surface area contributed by atoms with Gasteiger partial charge >= 0.3 is 0 Å². The van der Waals surface area contributed by atoms with E-state index in [1.165, 1.54) is 35.2 Å². The average molecular weight is 726 g/mol. The van der Waals surface area contributed by atoms with Crippen LogP contribution in [0.15, 0.2) is 102 Å². The van der Waals surface area contributed by atoms with Gasteiger partial charge in [-0.2, -0.15) is 0 Å². The van der Waals surface area contributed by atoms with Crippen molar-refractivity contribution < 1.29 is 37.1 Å². The first kappa shape index (κ1) is 36.0. The van der Waals surface area contributed by atoms with E-state index in [2.05, 4.69) is 21.9 Å². The number of nitrogens with one attached hydrogen (secondary N) is 3. The van der Waals surface area contributed by atoms with Gasteiger partial charge in [0, 0.05) is 41.8 Å². The fourth-order valence-corrected chi connectivity index (χ4v) is 7.41. The zero-order valence-electron chi connectivity index (χ0n) is 28.7. The highest BCUT2D eigenvalue weighted by Gasteiger charge is 2.61. The Morgan fingerprint density at radius 1 is 1.02 bits per heavy atom. The van der Waals surface area contributed by atoms with Crippen LogP contribution in [0.5, 0.6) is 11.5 Å². The van der Waals surface area contributed by atoms with E-state index < -0.39 is 51.3 Å². The number of fused-ring (bicyclic) bond motifs is 1. The zero-order chi connectivity index (χ0) is 37.0. The fraction of sp³-hybridized carbons (Fsp3) is 0.289. The number of rotatable bonds is 13. The summed E-state index contributed by atoms with van der Waals surface area (Å²) in [6.45, 7) is 5.05. The third-order valence-corrected chi connectivity index (χ3v) is 10.7. The molecule has 52 heavy (non-hydrogen) atoms. The second kappa shape index (κ2) is 14.8. The van der Waals surface area contributed by atoms with Gasteiger partial charge in [-0.05, 0) is 30.7 Å². The van der Waals surface area contributed by atoms with Gasteiger partial charge in [0.05, 0.1) is 36.3 Å². The molecule has 0 bridgehead atoms. The first-order chi connectivity index (χ1) is 25.0. The number of pyridine rings is 1. The molecule has 1 aromatic heterocycles. The second-order valence-corrected chi connectivity index (χ2v) is 14.4. The van der Waals surface area contributed by atoms with Crippen molar-refractivity contribution >= 4 is 44.6 Å². The van der Waals surface area contributed by atoms with Crippen molar-refractivity contribution in [1.82, 2.24) is 25.2 Å². The van der Waals surface area contributed by atoms with Crippen LogP contribution in [0.25, 0.3) is 22.2 Å². The van der Waals surface area contributed by atoms with Gasteiger partial charge in [-0.3, -0.25) is 19.2 Å². The van der Waals surface area contributed by atoms with E-state index in [0.717, 1.165) is 5.56 Å². The van der Waals surface area contributed by atoms with Crippen LogP contribution in [-0.4, -0.2) is 79.8 Å². The highest BCUT2D eigenvalue weighted by molar-refractivity contribution is 7.90. The highest BCUT2D eigenvalue weighted by atomic mass is 32.2. The number of nitrogens with zero attached hydrogens (tertiary/aromatic N) is 2. The summed E-state index contributed by atoms with van der Waals surface area (Å²) >= 11 is 0.